The molecule has 1 aliphatic carbocycles. The van der Waals surface area contributed by atoms with Gasteiger partial charge in [0, 0.05) is 0 Å². The highest BCUT2D eigenvalue weighted by Crippen LogP contribution is 2.33. The number of hydrogen-bond donors (Lipinski definition) is 2. The van der Waals surface area contributed by atoms with Crippen LogP contribution in [0.1, 0.15) is 19.8 Å². The number of aliphatic hydroxyl groups is 1. The van der Waals surface area contributed by atoms with Crippen molar-refractivity contribution in [3.05, 3.63) is 0 Å². The van der Waals surface area contributed by atoms with Crippen LogP contribution in [0.5, 0.6) is 0 Å². The largest absolute Gasteiger partial charge is 0.461 e. The summed E-state index contributed by atoms with van der Waals surface area (Å²) in [7, 11) is 0. The van der Waals surface area contributed by atoms with Crippen LogP contribution >= 0.6 is 11.6 Å². The molecule has 0 aromatic carbocycles. The van der Waals surface area contributed by atoms with E-state index in [-0.39, 0.29) is 11.8 Å². The molecular weight excluding hydrogens is 208 g/mol. The Morgan fingerprint density at radius 2 is 2.36 bits per heavy atom. The third-order valence-electron chi connectivity index (χ3n) is 1.86. The van der Waals surface area contributed by atoms with Gasteiger partial charge < -0.3 is 15.3 Å². The van der Waals surface area contributed by atoms with Crippen LogP contribution in [0.15, 0.2) is 5.10 Å². The van der Waals surface area contributed by atoms with E-state index in [0.717, 1.165) is 12.8 Å². The first-order chi connectivity index (χ1) is 6.57. The topological polar surface area (TPSA) is 70.9 Å². The molecular formula is C8H13ClN2O3. The van der Waals surface area contributed by atoms with E-state index < -0.39 is 11.6 Å². The van der Waals surface area contributed by atoms with Gasteiger partial charge >= 0.3 is 5.97 Å². The SMILES string of the molecule is CCOC(=O)/C(Cl)=N/NCC1(O)CC1. The number of hydrogen-bond acceptors (Lipinski definition) is 5. The van der Waals surface area contributed by atoms with Gasteiger partial charge in [-0.05, 0) is 19.8 Å². The summed E-state index contributed by atoms with van der Waals surface area (Å²) in [4.78, 5) is 10.9. The van der Waals surface area contributed by atoms with Gasteiger partial charge in [0.1, 0.15) is 0 Å². The third kappa shape index (κ3) is 3.51. The van der Waals surface area contributed by atoms with Gasteiger partial charge in [0.25, 0.3) is 0 Å². The Hall–Kier alpha value is -0.810. The first-order valence-electron chi connectivity index (χ1n) is 4.43. The summed E-state index contributed by atoms with van der Waals surface area (Å²) >= 11 is 5.49. The lowest BCUT2D eigenvalue weighted by molar-refractivity contribution is -0.134. The molecule has 0 aliphatic heterocycles. The van der Waals surface area contributed by atoms with E-state index in [1.807, 2.05) is 0 Å². The number of halogens is 1. The van der Waals surface area contributed by atoms with Gasteiger partial charge in [-0.3, -0.25) is 0 Å². The number of nitrogens with one attached hydrogen (secondary N) is 1. The molecule has 0 aromatic heterocycles. The summed E-state index contributed by atoms with van der Waals surface area (Å²) in [5, 5.41) is 12.7. The molecule has 14 heavy (non-hydrogen) atoms. The zero-order chi connectivity index (χ0) is 10.6. The second-order valence-corrected chi connectivity index (χ2v) is 3.54. The second kappa shape index (κ2) is 4.61. The Morgan fingerprint density at radius 1 is 1.71 bits per heavy atom. The smallest absolute Gasteiger partial charge is 0.370 e. The molecule has 0 radical (unpaired) electrons. The minimum absolute atomic E-state index is 0.254. The first kappa shape index (κ1) is 11.3. The number of carbonyl (C=O) groups excluding carboxylic acids is 1. The Balaban J connectivity index is 2.25. The van der Waals surface area contributed by atoms with E-state index in [9.17, 15) is 9.90 Å². The summed E-state index contributed by atoms with van der Waals surface area (Å²) in [5.41, 5.74) is 1.87. The number of nitrogens with zero attached hydrogens (tertiary/aromatic N) is 1. The zero-order valence-electron chi connectivity index (χ0n) is 7.92. The summed E-state index contributed by atoms with van der Waals surface area (Å²) in [6.07, 6.45) is 1.51. The van der Waals surface area contributed by atoms with Crippen LogP contribution in [-0.2, 0) is 9.53 Å². The second-order valence-electron chi connectivity index (χ2n) is 3.18. The van der Waals surface area contributed by atoms with Crippen LogP contribution in [0, 0.1) is 0 Å². The highest BCUT2D eigenvalue weighted by molar-refractivity contribution is 6.81. The molecule has 0 heterocycles. The van der Waals surface area contributed by atoms with Gasteiger partial charge in [-0.1, -0.05) is 11.6 Å². The molecule has 1 saturated carbocycles. The number of ether oxygens (including phenoxy) is 1. The monoisotopic (exact) mass is 220 g/mol. The molecule has 0 saturated heterocycles. The van der Waals surface area contributed by atoms with E-state index >= 15 is 0 Å². The minimum atomic E-state index is -0.663. The average molecular weight is 221 g/mol. The van der Waals surface area contributed by atoms with Gasteiger partial charge in [-0.15, -0.1) is 0 Å². The van der Waals surface area contributed by atoms with Crippen LogP contribution in [0.4, 0.5) is 0 Å². The van der Waals surface area contributed by atoms with E-state index in [4.69, 9.17) is 11.6 Å². The fourth-order valence-corrected chi connectivity index (χ4v) is 0.928. The fourth-order valence-electron chi connectivity index (χ4n) is 0.813. The predicted octanol–water partition coefficient (Wildman–Crippen LogP) is 0.216. The lowest BCUT2D eigenvalue weighted by Gasteiger charge is -2.06. The van der Waals surface area contributed by atoms with Crippen LogP contribution in [-0.4, -0.2) is 35.0 Å². The highest BCUT2D eigenvalue weighted by atomic mass is 35.5. The highest BCUT2D eigenvalue weighted by Gasteiger charge is 2.40. The van der Waals surface area contributed by atoms with Crippen molar-refractivity contribution in [2.75, 3.05) is 13.2 Å². The van der Waals surface area contributed by atoms with Crippen molar-refractivity contribution in [3.63, 3.8) is 0 Å². The lowest BCUT2D eigenvalue weighted by atomic mass is 10.3. The van der Waals surface area contributed by atoms with Crippen molar-refractivity contribution in [1.82, 2.24) is 5.43 Å². The maximum atomic E-state index is 10.9. The Kier molecular flexibility index (Phi) is 3.71. The van der Waals surface area contributed by atoms with Gasteiger partial charge in [0.15, 0.2) is 0 Å². The number of carbonyl (C=O) groups is 1. The molecule has 2 N–H and O–H groups in total. The summed E-state index contributed by atoms with van der Waals surface area (Å²) in [5.74, 6) is -0.663. The van der Waals surface area contributed by atoms with Crippen LogP contribution < -0.4 is 5.43 Å². The fraction of sp³-hybridized carbons (Fsp3) is 0.750. The van der Waals surface area contributed by atoms with Gasteiger partial charge in [0.2, 0.25) is 5.17 Å². The van der Waals surface area contributed by atoms with Crippen LogP contribution in [0.3, 0.4) is 0 Å². The standard InChI is InChI=1S/C8H13ClN2O3/c1-2-14-7(12)6(9)11-10-5-8(13)3-4-8/h10,13H,2-5H2,1H3/b11-6-. The minimum Gasteiger partial charge on any atom is -0.461 e. The maximum Gasteiger partial charge on any atom is 0.370 e. The maximum absolute atomic E-state index is 10.9. The van der Waals surface area contributed by atoms with Crippen molar-refractivity contribution >= 4 is 22.7 Å². The quantitative estimate of drug-likeness (QED) is 0.395. The summed E-state index contributed by atoms with van der Waals surface area (Å²) < 4.78 is 4.60. The van der Waals surface area contributed by atoms with Gasteiger partial charge in [-0.2, -0.15) is 5.10 Å². The summed E-state index contributed by atoms with van der Waals surface area (Å²) in [6.45, 7) is 2.25. The average Bonchev–Trinajstić information content (AvgIpc) is 2.84. The van der Waals surface area contributed by atoms with Crippen molar-refractivity contribution in [2.45, 2.75) is 25.4 Å². The molecule has 0 aromatic rings. The normalized spacial score (nSPS) is 18.9. The molecule has 5 nitrogen and oxygen atoms in total. The summed E-state index contributed by atoms with van der Waals surface area (Å²) in [6, 6.07) is 0. The first-order valence-corrected chi connectivity index (χ1v) is 4.81. The van der Waals surface area contributed by atoms with Gasteiger partial charge in [0.05, 0.1) is 18.8 Å². The van der Waals surface area contributed by atoms with E-state index in [2.05, 4.69) is 15.3 Å². The number of rotatable bonds is 5. The number of hydrazone groups is 1. The number of esters is 1. The van der Waals surface area contributed by atoms with E-state index in [0.29, 0.717) is 6.54 Å². The molecule has 0 atom stereocenters. The van der Waals surface area contributed by atoms with Crippen LogP contribution in [0.25, 0.3) is 0 Å². The molecule has 6 heteroatoms. The van der Waals surface area contributed by atoms with Crippen molar-refractivity contribution in [1.29, 1.82) is 0 Å². The Bertz CT molecular complexity index is 251. The molecule has 1 fully saturated rings. The van der Waals surface area contributed by atoms with Gasteiger partial charge in [-0.25, -0.2) is 4.79 Å². The Labute approximate surface area is 87.1 Å². The van der Waals surface area contributed by atoms with E-state index in [1.54, 1.807) is 6.92 Å². The molecule has 1 rings (SSSR count). The molecule has 0 amide bonds. The van der Waals surface area contributed by atoms with Crippen molar-refractivity contribution in [3.8, 4) is 0 Å². The van der Waals surface area contributed by atoms with Crippen molar-refractivity contribution in [2.24, 2.45) is 5.10 Å². The third-order valence-corrected chi connectivity index (χ3v) is 2.10. The molecule has 0 spiro atoms. The molecule has 1 aliphatic rings. The molecule has 0 unspecified atom stereocenters. The lowest BCUT2D eigenvalue weighted by Crippen LogP contribution is -2.26. The molecule has 0 bridgehead atoms. The predicted molar refractivity (Wildman–Crippen MR) is 52.1 cm³/mol. The van der Waals surface area contributed by atoms with E-state index in [1.165, 1.54) is 0 Å². The van der Waals surface area contributed by atoms with Crippen LogP contribution in [0.2, 0.25) is 0 Å². The molecule has 80 valence electrons. The van der Waals surface area contributed by atoms with Crippen molar-refractivity contribution < 1.29 is 14.6 Å². The zero-order valence-corrected chi connectivity index (χ0v) is 8.67. The Morgan fingerprint density at radius 3 is 2.86 bits per heavy atom.